The van der Waals surface area contributed by atoms with Crippen LogP contribution in [0.1, 0.15) is 26.5 Å². The first-order valence-corrected chi connectivity index (χ1v) is 10.4. The molecule has 0 aliphatic rings. The zero-order valence-corrected chi connectivity index (χ0v) is 18.7. The van der Waals surface area contributed by atoms with Gasteiger partial charge in [-0.25, -0.2) is 13.9 Å². The Morgan fingerprint density at radius 1 is 1.30 bits per heavy atom. The van der Waals surface area contributed by atoms with Gasteiger partial charge in [-0.2, -0.15) is 5.10 Å². The molecule has 9 heteroatoms. The summed E-state index contributed by atoms with van der Waals surface area (Å²) in [7, 11) is 1.63. The van der Waals surface area contributed by atoms with E-state index < -0.39 is 17.5 Å². The fraction of sp³-hybridized carbons (Fsp3) is 0.286. The molecule has 0 radical (unpaired) electrons. The second-order valence-electron chi connectivity index (χ2n) is 7.59. The van der Waals surface area contributed by atoms with Gasteiger partial charge >= 0.3 is 6.09 Å². The first-order valence-electron chi connectivity index (χ1n) is 9.19. The van der Waals surface area contributed by atoms with Gasteiger partial charge in [-0.1, -0.05) is 29.4 Å². The smallest absolute Gasteiger partial charge is 0.410 e. The molecule has 0 saturated carbocycles. The summed E-state index contributed by atoms with van der Waals surface area (Å²) < 4.78 is 21.6. The van der Waals surface area contributed by atoms with E-state index in [9.17, 15) is 9.18 Å². The number of ether oxygens (including phenoxy) is 1. The Morgan fingerprint density at radius 3 is 2.73 bits per heavy atom. The molecule has 3 aromatic rings. The highest BCUT2D eigenvalue weighted by Crippen LogP contribution is 2.32. The molecule has 0 fully saturated rings. The van der Waals surface area contributed by atoms with Gasteiger partial charge < -0.3 is 9.64 Å². The Bertz CT molecular complexity index is 1040. The molecule has 2 aromatic heterocycles. The number of amides is 1. The van der Waals surface area contributed by atoms with Crippen molar-refractivity contribution in [3.63, 3.8) is 0 Å². The van der Waals surface area contributed by atoms with E-state index in [1.165, 1.54) is 27.4 Å². The van der Waals surface area contributed by atoms with E-state index in [0.29, 0.717) is 10.7 Å². The number of nitrogens with zero attached hydrogens (tertiary/aromatic N) is 4. The number of carbonyl (C=O) groups is 1. The number of hydrogen-bond acceptors (Lipinski definition) is 5. The minimum absolute atomic E-state index is 0.00718. The van der Waals surface area contributed by atoms with Crippen molar-refractivity contribution in [1.82, 2.24) is 19.7 Å². The molecule has 0 atom stereocenters. The van der Waals surface area contributed by atoms with E-state index in [1.807, 2.05) is 12.1 Å². The van der Waals surface area contributed by atoms with E-state index in [2.05, 4.69) is 10.1 Å². The van der Waals surface area contributed by atoms with Crippen LogP contribution in [0.5, 0.6) is 0 Å². The van der Waals surface area contributed by atoms with Crippen molar-refractivity contribution in [2.24, 2.45) is 0 Å². The van der Waals surface area contributed by atoms with Crippen molar-refractivity contribution < 1.29 is 13.9 Å². The van der Waals surface area contributed by atoms with Crippen LogP contribution in [0.3, 0.4) is 0 Å². The molecular weight excluding hydrogens is 427 g/mol. The lowest BCUT2D eigenvalue weighted by Gasteiger charge is -2.24. The fourth-order valence-electron chi connectivity index (χ4n) is 2.56. The molecule has 0 spiro atoms. The van der Waals surface area contributed by atoms with Crippen molar-refractivity contribution in [2.75, 3.05) is 7.05 Å². The maximum absolute atomic E-state index is 14.7. The van der Waals surface area contributed by atoms with Crippen LogP contribution in [0, 0.1) is 5.82 Å². The zero-order chi connectivity index (χ0) is 21.9. The van der Waals surface area contributed by atoms with Crippen molar-refractivity contribution in [1.29, 1.82) is 0 Å². The molecule has 2 heterocycles. The minimum atomic E-state index is -0.601. The molecule has 6 nitrogen and oxygen atoms in total. The lowest BCUT2D eigenvalue weighted by Crippen LogP contribution is -2.33. The average molecular weight is 449 g/mol. The Kier molecular flexibility index (Phi) is 6.67. The van der Waals surface area contributed by atoms with Gasteiger partial charge in [-0.05, 0) is 51.1 Å². The second-order valence-corrected chi connectivity index (χ2v) is 9.09. The van der Waals surface area contributed by atoms with Gasteiger partial charge in [0.05, 0.1) is 17.3 Å². The number of hydrogen-bond donors (Lipinski definition) is 0. The standard InChI is InChI=1S/C21H22ClFN4O2S/c1-21(2,3)29-20(28)26(4)13-14-11-18(30-15-7-6-10-24-12-15)27(25-14)17-9-5-8-16(22)19(17)23/h5-12H,13H2,1-4H3. The Morgan fingerprint density at radius 2 is 2.07 bits per heavy atom. The first kappa shape index (κ1) is 22.1. The highest BCUT2D eigenvalue weighted by atomic mass is 35.5. The molecule has 0 N–H and O–H groups in total. The van der Waals surface area contributed by atoms with Gasteiger partial charge in [0.2, 0.25) is 0 Å². The molecule has 0 aliphatic carbocycles. The molecule has 30 heavy (non-hydrogen) atoms. The number of halogens is 2. The summed E-state index contributed by atoms with van der Waals surface area (Å²) >= 11 is 7.35. The molecule has 158 valence electrons. The summed E-state index contributed by atoms with van der Waals surface area (Å²) in [6.45, 7) is 5.61. The molecular formula is C21H22ClFN4O2S. The van der Waals surface area contributed by atoms with Crippen LogP contribution in [-0.2, 0) is 11.3 Å². The molecule has 3 rings (SSSR count). The van der Waals surface area contributed by atoms with Crippen LogP contribution in [0.2, 0.25) is 5.02 Å². The Hall–Kier alpha value is -2.58. The topological polar surface area (TPSA) is 60.2 Å². The summed E-state index contributed by atoms with van der Waals surface area (Å²) in [5.74, 6) is -0.567. The van der Waals surface area contributed by atoms with Gasteiger partial charge in [0.25, 0.3) is 0 Å². The largest absolute Gasteiger partial charge is 0.444 e. The summed E-state index contributed by atoms with van der Waals surface area (Å²) in [5.41, 5.74) is 0.199. The number of benzene rings is 1. The number of carbonyl (C=O) groups excluding carboxylic acids is 1. The van der Waals surface area contributed by atoms with Crippen LogP contribution in [0.25, 0.3) is 5.69 Å². The van der Waals surface area contributed by atoms with Crippen LogP contribution in [0.4, 0.5) is 9.18 Å². The monoisotopic (exact) mass is 448 g/mol. The SMILES string of the molecule is CN(Cc1cc(Sc2cccnc2)n(-c2cccc(Cl)c2F)n1)C(=O)OC(C)(C)C. The van der Waals surface area contributed by atoms with E-state index >= 15 is 0 Å². The highest BCUT2D eigenvalue weighted by Gasteiger charge is 2.22. The molecule has 1 aromatic carbocycles. The summed E-state index contributed by atoms with van der Waals surface area (Å²) in [6, 6.07) is 10.3. The maximum atomic E-state index is 14.7. The summed E-state index contributed by atoms with van der Waals surface area (Å²) in [6.07, 6.45) is 2.93. The van der Waals surface area contributed by atoms with Crippen LogP contribution < -0.4 is 0 Å². The average Bonchev–Trinajstić information content (AvgIpc) is 3.05. The van der Waals surface area contributed by atoms with Gasteiger partial charge in [-0.15, -0.1) is 0 Å². The molecule has 0 bridgehead atoms. The van der Waals surface area contributed by atoms with Crippen LogP contribution in [-0.4, -0.2) is 38.4 Å². The Labute approximate surface area is 184 Å². The number of pyridine rings is 1. The number of rotatable bonds is 5. The second kappa shape index (κ2) is 9.06. The summed E-state index contributed by atoms with van der Waals surface area (Å²) in [4.78, 5) is 18.7. The normalized spacial score (nSPS) is 11.4. The van der Waals surface area contributed by atoms with Crippen LogP contribution in [0.15, 0.2) is 58.7 Å². The van der Waals surface area contributed by atoms with Crippen LogP contribution >= 0.6 is 23.4 Å². The van der Waals surface area contributed by atoms with Crippen molar-refractivity contribution in [2.45, 2.75) is 42.8 Å². The quantitative estimate of drug-likeness (QED) is 0.510. The lowest BCUT2D eigenvalue weighted by atomic mass is 10.2. The predicted octanol–water partition coefficient (Wildman–Crippen LogP) is 5.58. The minimum Gasteiger partial charge on any atom is -0.444 e. The first-order chi connectivity index (χ1) is 14.1. The van der Waals surface area contributed by atoms with E-state index in [4.69, 9.17) is 16.3 Å². The van der Waals surface area contributed by atoms with Gasteiger partial charge in [0, 0.05) is 24.3 Å². The number of aromatic nitrogens is 3. The van der Waals surface area contributed by atoms with Crippen molar-refractivity contribution in [3.05, 3.63) is 65.3 Å². The van der Waals surface area contributed by atoms with E-state index in [0.717, 1.165) is 4.90 Å². The van der Waals surface area contributed by atoms with E-state index in [-0.39, 0.29) is 17.3 Å². The fourth-order valence-corrected chi connectivity index (χ4v) is 3.66. The van der Waals surface area contributed by atoms with Gasteiger partial charge in [-0.3, -0.25) is 4.98 Å². The van der Waals surface area contributed by atoms with Gasteiger partial charge in [0.1, 0.15) is 16.3 Å². The zero-order valence-electron chi connectivity index (χ0n) is 17.1. The Balaban J connectivity index is 1.94. The molecule has 0 aliphatic heterocycles. The third kappa shape index (κ3) is 5.52. The van der Waals surface area contributed by atoms with E-state index in [1.54, 1.807) is 58.4 Å². The highest BCUT2D eigenvalue weighted by molar-refractivity contribution is 7.99. The third-order valence-corrected chi connectivity index (χ3v) is 5.12. The lowest BCUT2D eigenvalue weighted by molar-refractivity contribution is 0.0283. The maximum Gasteiger partial charge on any atom is 0.410 e. The molecule has 0 saturated heterocycles. The predicted molar refractivity (Wildman–Crippen MR) is 115 cm³/mol. The summed E-state index contributed by atoms with van der Waals surface area (Å²) in [5, 5.41) is 5.20. The van der Waals surface area contributed by atoms with Crippen molar-refractivity contribution in [3.8, 4) is 5.69 Å². The van der Waals surface area contributed by atoms with Crippen molar-refractivity contribution >= 4 is 29.5 Å². The van der Waals surface area contributed by atoms with Gasteiger partial charge in [0.15, 0.2) is 5.82 Å². The third-order valence-electron chi connectivity index (χ3n) is 3.85. The molecule has 0 unspecified atom stereocenters. The molecule has 1 amide bonds.